The fourth-order valence-corrected chi connectivity index (χ4v) is 4.94. The van der Waals surface area contributed by atoms with Crippen LogP contribution >= 0.6 is 0 Å². The third-order valence-electron chi connectivity index (χ3n) is 7.05. The van der Waals surface area contributed by atoms with Crippen molar-refractivity contribution in [1.82, 2.24) is 9.97 Å². The summed E-state index contributed by atoms with van der Waals surface area (Å²) in [5.74, 6) is -0.0625. The number of aliphatic hydroxyl groups is 1. The van der Waals surface area contributed by atoms with Gasteiger partial charge in [0.25, 0.3) is 0 Å². The van der Waals surface area contributed by atoms with E-state index >= 15 is 0 Å². The molecule has 2 heterocycles. The number of carbonyl (C=O) groups excluding carboxylic acids is 1. The van der Waals surface area contributed by atoms with Gasteiger partial charge in [0, 0.05) is 46.3 Å². The first-order valence-electron chi connectivity index (χ1n) is 14.7. The van der Waals surface area contributed by atoms with Crippen LogP contribution in [0.4, 0.5) is 5.69 Å². The minimum Gasteiger partial charge on any atom is -0.512 e. The Morgan fingerprint density at radius 1 is 0.729 bits per heavy atom. The van der Waals surface area contributed by atoms with Crippen molar-refractivity contribution in [3.05, 3.63) is 162 Å². The van der Waals surface area contributed by atoms with E-state index in [-0.39, 0.29) is 51.8 Å². The number of hydrogen-bond acceptors (Lipinski definition) is 4. The molecule has 0 aliphatic carbocycles. The molecule has 1 N–H and O–H groups in total. The van der Waals surface area contributed by atoms with Crippen molar-refractivity contribution in [1.29, 1.82) is 0 Å². The van der Waals surface area contributed by atoms with E-state index in [0.29, 0.717) is 5.69 Å². The van der Waals surface area contributed by atoms with Gasteiger partial charge >= 0.3 is 0 Å². The molecule has 5 aromatic carbocycles. The topological polar surface area (TPSA) is 67.4 Å². The second-order valence-electron chi connectivity index (χ2n) is 10.7. The molecule has 2 radical (unpaired) electrons. The molecule has 0 atom stereocenters. The minimum absolute atomic E-state index is 0. The fourth-order valence-electron chi connectivity index (χ4n) is 4.94. The van der Waals surface area contributed by atoms with Crippen molar-refractivity contribution in [3.8, 4) is 22.5 Å². The molecule has 7 heteroatoms. The van der Waals surface area contributed by atoms with Gasteiger partial charge in [-0.3, -0.25) is 19.6 Å². The second kappa shape index (κ2) is 17.9. The monoisotopic (exact) mass is 983 g/mol. The maximum absolute atomic E-state index is 10.0. The molecule has 0 spiro atoms. The predicted octanol–water partition coefficient (Wildman–Crippen LogP) is 10.4. The summed E-state index contributed by atoms with van der Waals surface area (Å²) in [5, 5.41) is 13.1. The Labute approximate surface area is 307 Å². The summed E-state index contributed by atoms with van der Waals surface area (Å²) in [7, 11) is 0. The molecule has 0 bridgehead atoms. The van der Waals surface area contributed by atoms with Crippen molar-refractivity contribution in [2.45, 2.75) is 20.8 Å². The number of para-hydroxylation sites is 2. The van der Waals surface area contributed by atoms with Crippen molar-refractivity contribution in [2.75, 3.05) is 0 Å². The molecule has 0 amide bonds. The molecule has 0 fully saturated rings. The molecule has 0 aliphatic rings. The van der Waals surface area contributed by atoms with E-state index in [1.165, 1.54) is 41.6 Å². The molecule has 48 heavy (non-hydrogen) atoms. The maximum Gasteiger partial charge on any atom is 0.155 e. The maximum atomic E-state index is 10.0. The van der Waals surface area contributed by atoms with E-state index in [0.717, 1.165) is 38.9 Å². The van der Waals surface area contributed by atoms with Crippen LogP contribution in [0.3, 0.4) is 0 Å². The van der Waals surface area contributed by atoms with E-state index in [1.807, 2.05) is 60.7 Å². The van der Waals surface area contributed by atoms with Crippen LogP contribution in [0.5, 0.6) is 0 Å². The summed E-state index contributed by atoms with van der Waals surface area (Å²) in [6, 6.07) is 46.8. The van der Waals surface area contributed by atoms with Gasteiger partial charge in [0.05, 0.1) is 23.4 Å². The third-order valence-corrected chi connectivity index (χ3v) is 7.05. The Bertz CT molecular complexity index is 2250. The first-order chi connectivity index (χ1) is 22.3. The third kappa shape index (κ3) is 9.84. The van der Waals surface area contributed by atoms with Crippen molar-refractivity contribution in [2.24, 2.45) is 0 Å². The van der Waals surface area contributed by atoms with Crippen LogP contribution in [0.25, 0.3) is 59.9 Å². The fraction of sp³-hybridized carbons (Fsp3) is 0.0732. The smallest absolute Gasteiger partial charge is 0.155 e. The number of nitrogens with zero attached hydrogens (tertiary/aromatic N) is 3. The molecule has 0 saturated heterocycles. The zero-order valence-corrected chi connectivity index (χ0v) is 31.3. The summed E-state index contributed by atoms with van der Waals surface area (Å²) in [4.78, 5) is 22.8. The van der Waals surface area contributed by atoms with Crippen LogP contribution in [0, 0.1) is 25.6 Å². The number of fused-ring (bicyclic) bond motifs is 3. The van der Waals surface area contributed by atoms with Gasteiger partial charge in [-0.25, -0.2) is 0 Å². The van der Waals surface area contributed by atoms with E-state index in [4.69, 9.17) is 16.7 Å². The number of aliphatic hydroxyl groups excluding tert-OH is 1. The molecule has 0 saturated carbocycles. The van der Waals surface area contributed by atoms with Gasteiger partial charge in [0.15, 0.2) is 5.78 Å². The average molecular weight is 982 g/mol. The van der Waals surface area contributed by atoms with Crippen LogP contribution < -0.4 is 0 Å². The average Bonchev–Trinajstić information content (AvgIpc) is 3.07. The minimum atomic E-state index is -0.125. The summed E-state index contributed by atoms with van der Waals surface area (Å²) in [6.07, 6.45) is 1.17. The molecule has 2 aromatic heterocycles. The number of pyridine rings is 2. The Balaban J connectivity index is 0.000000213. The van der Waals surface area contributed by atoms with E-state index in [9.17, 15) is 4.79 Å². The van der Waals surface area contributed by atoms with Gasteiger partial charge in [-0.2, -0.15) is 6.07 Å². The molecule has 7 rings (SSSR count). The van der Waals surface area contributed by atoms with Gasteiger partial charge in [-0.15, -0.1) is 52.9 Å². The number of rotatable bonds is 3. The molecule has 5 nitrogen and oxygen atoms in total. The first kappa shape index (κ1) is 37.6. The molecular weight excluding hydrogens is 951 g/mol. The van der Waals surface area contributed by atoms with Crippen LogP contribution in [0.1, 0.15) is 19.4 Å². The Kier molecular flexibility index (Phi) is 14.0. The van der Waals surface area contributed by atoms with Crippen LogP contribution in [-0.4, -0.2) is 20.9 Å². The normalized spacial score (nSPS) is 10.3. The number of allylic oxidation sites excluding steroid dienone is 2. The van der Waals surface area contributed by atoms with Crippen molar-refractivity contribution >= 4 is 44.0 Å². The van der Waals surface area contributed by atoms with Crippen molar-refractivity contribution in [3.63, 3.8) is 0 Å². The number of ketones is 1. The zero-order chi connectivity index (χ0) is 32.5. The number of benzene rings is 5. The predicted molar refractivity (Wildman–Crippen MR) is 188 cm³/mol. The summed E-state index contributed by atoms with van der Waals surface area (Å²) < 4.78 is 0. The summed E-state index contributed by atoms with van der Waals surface area (Å²) in [5.41, 5.74) is 7.54. The first-order valence-corrected chi connectivity index (χ1v) is 14.7. The van der Waals surface area contributed by atoms with Crippen LogP contribution in [-0.2, 0) is 45.0 Å². The summed E-state index contributed by atoms with van der Waals surface area (Å²) in [6.45, 7) is 12.0. The van der Waals surface area contributed by atoms with Gasteiger partial charge < -0.3 is 5.11 Å². The molecule has 7 aromatic rings. The van der Waals surface area contributed by atoms with E-state index in [2.05, 4.69) is 77.4 Å². The van der Waals surface area contributed by atoms with E-state index in [1.54, 1.807) is 12.1 Å². The van der Waals surface area contributed by atoms with Gasteiger partial charge in [0.1, 0.15) is 5.69 Å². The standard InChI is InChI=1S/C20H14N.C16H9N2.C5H8O2.2Ir/c1-14-12-17-8-4-5-9-19(17)21-20(14)18-11-10-15-6-2-3-7-16(15)13-18;1-17-14-7-4-6-13(11-14)16-10-9-12-5-2-3-8-15(12)18-16;1-4(6)3-5(2)7;;/h2-10,12-13H,1H3;2-5,7-11H;3,6H,1-2H3;;/q2*-1;;;. The second-order valence-corrected chi connectivity index (χ2v) is 10.7. The molecule has 0 unspecified atom stereocenters. The van der Waals surface area contributed by atoms with Crippen LogP contribution in [0.2, 0.25) is 0 Å². The molecule has 0 aliphatic heterocycles. The quantitative estimate of drug-likeness (QED) is 0.109. The zero-order valence-electron chi connectivity index (χ0n) is 26.5. The largest absolute Gasteiger partial charge is 0.512 e. The number of carbonyl (C=O) groups is 1. The van der Waals surface area contributed by atoms with Gasteiger partial charge in [-0.05, 0) is 55.1 Å². The number of aryl methyl sites for hydroxylation is 1. The van der Waals surface area contributed by atoms with Crippen molar-refractivity contribution < 1.29 is 50.1 Å². The Morgan fingerprint density at radius 3 is 2.00 bits per heavy atom. The molecular formula is C41H31Ir2N3O2-2. The SMILES string of the molecule is CC(=O)C=C(C)O.Cc1cc2ccccc2nc1-c1[c-]cc2ccccc2c1.[C-]#[N+]c1cc[c-]c(-c2ccc3ccccc3n2)c1.[Ir].[Ir]. The van der Waals surface area contributed by atoms with Gasteiger partial charge in [-0.1, -0.05) is 89.8 Å². The summed E-state index contributed by atoms with van der Waals surface area (Å²) >= 11 is 0. The molecule has 242 valence electrons. The number of hydrogen-bond donors (Lipinski definition) is 1. The van der Waals surface area contributed by atoms with E-state index < -0.39 is 0 Å². The van der Waals surface area contributed by atoms with Gasteiger partial charge in [0.2, 0.25) is 0 Å². The Hall–Kier alpha value is -4.82. The van der Waals surface area contributed by atoms with Crippen LogP contribution in [0.15, 0.2) is 133 Å². The number of aromatic nitrogens is 2. The Morgan fingerprint density at radius 2 is 1.35 bits per heavy atom.